The standard InChI is InChI=1S/C11H12O/c12-11-7-6-9-4-2-1-3-5-10(9)8-11/h2-10,12H,1H2. The predicted molar refractivity (Wildman–Crippen MR) is 49.7 cm³/mol. The van der Waals surface area contributed by atoms with Gasteiger partial charge in [-0.1, -0.05) is 30.4 Å². The Bertz CT molecular complexity index is 281. The summed E-state index contributed by atoms with van der Waals surface area (Å²) in [5.41, 5.74) is 0. The first-order valence-corrected chi connectivity index (χ1v) is 4.28. The lowest BCUT2D eigenvalue weighted by molar-refractivity contribution is 0.417. The monoisotopic (exact) mass is 160 g/mol. The fraction of sp³-hybridized carbons (Fsp3) is 0.273. The molecule has 0 aromatic carbocycles. The van der Waals surface area contributed by atoms with E-state index in [1.807, 2.05) is 12.2 Å². The average molecular weight is 160 g/mol. The van der Waals surface area contributed by atoms with Crippen LogP contribution in [0.15, 0.2) is 48.3 Å². The van der Waals surface area contributed by atoms with Crippen molar-refractivity contribution in [2.45, 2.75) is 6.42 Å². The van der Waals surface area contributed by atoms with Gasteiger partial charge in [-0.25, -0.2) is 0 Å². The van der Waals surface area contributed by atoms with Gasteiger partial charge in [0.25, 0.3) is 0 Å². The van der Waals surface area contributed by atoms with Crippen LogP contribution in [0.3, 0.4) is 0 Å². The molecule has 2 aliphatic rings. The van der Waals surface area contributed by atoms with E-state index in [-0.39, 0.29) is 0 Å². The van der Waals surface area contributed by atoms with Gasteiger partial charge in [0.1, 0.15) is 5.76 Å². The molecule has 2 atom stereocenters. The zero-order valence-electron chi connectivity index (χ0n) is 6.85. The number of hydrogen-bond acceptors (Lipinski definition) is 1. The van der Waals surface area contributed by atoms with E-state index >= 15 is 0 Å². The SMILES string of the molecule is OC1=CC2C=CCC=CC2C=C1. The maximum absolute atomic E-state index is 9.26. The van der Waals surface area contributed by atoms with E-state index in [2.05, 4.69) is 24.3 Å². The summed E-state index contributed by atoms with van der Waals surface area (Å²) in [5, 5.41) is 9.26. The summed E-state index contributed by atoms with van der Waals surface area (Å²) in [6.45, 7) is 0. The zero-order valence-corrected chi connectivity index (χ0v) is 6.85. The number of rotatable bonds is 0. The first kappa shape index (κ1) is 7.41. The van der Waals surface area contributed by atoms with Crippen molar-refractivity contribution in [1.82, 2.24) is 0 Å². The van der Waals surface area contributed by atoms with Crippen molar-refractivity contribution in [2.24, 2.45) is 11.8 Å². The minimum Gasteiger partial charge on any atom is -0.508 e. The number of hydrogen-bond donors (Lipinski definition) is 1. The molecular weight excluding hydrogens is 148 g/mol. The van der Waals surface area contributed by atoms with Crippen LogP contribution in [-0.4, -0.2) is 5.11 Å². The molecule has 62 valence electrons. The topological polar surface area (TPSA) is 20.2 Å². The van der Waals surface area contributed by atoms with Crippen LogP contribution in [0.1, 0.15) is 6.42 Å². The Morgan fingerprint density at radius 3 is 2.67 bits per heavy atom. The van der Waals surface area contributed by atoms with Gasteiger partial charge in [-0.15, -0.1) is 0 Å². The Labute approximate surface area is 72.4 Å². The number of aliphatic hydroxyl groups is 1. The third-order valence-corrected chi connectivity index (χ3v) is 2.29. The number of allylic oxidation sites excluding steroid dienone is 7. The van der Waals surface area contributed by atoms with Crippen molar-refractivity contribution in [2.75, 3.05) is 0 Å². The van der Waals surface area contributed by atoms with E-state index in [0.717, 1.165) is 6.42 Å². The molecule has 0 spiro atoms. The van der Waals surface area contributed by atoms with Crippen molar-refractivity contribution in [3.8, 4) is 0 Å². The molecule has 0 aromatic heterocycles. The highest BCUT2D eigenvalue weighted by atomic mass is 16.3. The number of aliphatic hydroxyl groups excluding tert-OH is 1. The zero-order chi connectivity index (χ0) is 8.39. The Morgan fingerprint density at radius 1 is 1.08 bits per heavy atom. The molecule has 12 heavy (non-hydrogen) atoms. The van der Waals surface area contributed by atoms with Crippen LogP contribution < -0.4 is 0 Å². The second-order valence-electron chi connectivity index (χ2n) is 3.20. The molecule has 0 radical (unpaired) electrons. The lowest BCUT2D eigenvalue weighted by Gasteiger charge is -2.17. The van der Waals surface area contributed by atoms with Gasteiger partial charge in [-0.2, -0.15) is 0 Å². The van der Waals surface area contributed by atoms with Gasteiger partial charge in [-0.05, 0) is 18.6 Å². The van der Waals surface area contributed by atoms with Crippen molar-refractivity contribution >= 4 is 0 Å². The van der Waals surface area contributed by atoms with Gasteiger partial charge in [0.15, 0.2) is 0 Å². The molecule has 2 unspecified atom stereocenters. The predicted octanol–water partition coefficient (Wildman–Crippen LogP) is 2.75. The molecule has 0 heterocycles. The highest BCUT2D eigenvalue weighted by molar-refractivity contribution is 5.27. The van der Waals surface area contributed by atoms with E-state index < -0.39 is 0 Å². The third kappa shape index (κ3) is 1.35. The molecule has 2 rings (SSSR count). The van der Waals surface area contributed by atoms with Crippen LogP contribution >= 0.6 is 0 Å². The van der Waals surface area contributed by atoms with Crippen LogP contribution in [0.5, 0.6) is 0 Å². The highest BCUT2D eigenvalue weighted by Crippen LogP contribution is 2.26. The van der Waals surface area contributed by atoms with Gasteiger partial charge in [0, 0.05) is 11.8 Å². The van der Waals surface area contributed by atoms with Crippen molar-refractivity contribution in [3.05, 3.63) is 48.3 Å². The van der Waals surface area contributed by atoms with E-state index in [4.69, 9.17) is 0 Å². The Kier molecular flexibility index (Phi) is 1.86. The summed E-state index contributed by atoms with van der Waals surface area (Å²) < 4.78 is 0. The van der Waals surface area contributed by atoms with Gasteiger partial charge in [0.2, 0.25) is 0 Å². The van der Waals surface area contributed by atoms with Crippen LogP contribution in [0.25, 0.3) is 0 Å². The van der Waals surface area contributed by atoms with Crippen LogP contribution in [0.2, 0.25) is 0 Å². The molecule has 0 aliphatic heterocycles. The van der Waals surface area contributed by atoms with Crippen molar-refractivity contribution < 1.29 is 5.11 Å². The lowest BCUT2D eigenvalue weighted by atomic mass is 9.88. The highest BCUT2D eigenvalue weighted by Gasteiger charge is 2.16. The molecule has 0 fully saturated rings. The summed E-state index contributed by atoms with van der Waals surface area (Å²) >= 11 is 0. The van der Waals surface area contributed by atoms with Crippen molar-refractivity contribution in [3.63, 3.8) is 0 Å². The second-order valence-corrected chi connectivity index (χ2v) is 3.20. The molecule has 1 nitrogen and oxygen atoms in total. The van der Waals surface area contributed by atoms with E-state index in [1.165, 1.54) is 0 Å². The molecule has 0 amide bonds. The van der Waals surface area contributed by atoms with Gasteiger partial charge in [0.05, 0.1) is 0 Å². The van der Waals surface area contributed by atoms with Crippen LogP contribution in [0.4, 0.5) is 0 Å². The van der Waals surface area contributed by atoms with Crippen LogP contribution in [-0.2, 0) is 0 Å². The molecule has 1 N–H and O–H groups in total. The summed E-state index contributed by atoms with van der Waals surface area (Å²) in [5.74, 6) is 1.18. The van der Waals surface area contributed by atoms with E-state index in [9.17, 15) is 5.11 Å². The fourth-order valence-electron chi connectivity index (χ4n) is 1.63. The fourth-order valence-corrected chi connectivity index (χ4v) is 1.63. The maximum Gasteiger partial charge on any atom is 0.111 e. The second kappa shape index (κ2) is 3.02. The first-order chi connectivity index (χ1) is 5.86. The van der Waals surface area contributed by atoms with E-state index in [1.54, 1.807) is 6.08 Å². The quantitative estimate of drug-likeness (QED) is 0.540. The summed E-state index contributed by atoms with van der Waals surface area (Å²) in [4.78, 5) is 0. The molecule has 0 saturated carbocycles. The molecule has 2 aliphatic carbocycles. The maximum atomic E-state index is 9.26. The molecule has 0 aromatic rings. The summed E-state index contributed by atoms with van der Waals surface area (Å²) in [6.07, 6.45) is 15.4. The van der Waals surface area contributed by atoms with Gasteiger partial charge >= 0.3 is 0 Å². The third-order valence-electron chi connectivity index (χ3n) is 2.29. The summed E-state index contributed by atoms with van der Waals surface area (Å²) in [7, 11) is 0. The van der Waals surface area contributed by atoms with E-state index in [0.29, 0.717) is 17.6 Å². The summed E-state index contributed by atoms with van der Waals surface area (Å²) in [6, 6.07) is 0. The smallest absolute Gasteiger partial charge is 0.111 e. The Morgan fingerprint density at radius 2 is 1.83 bits per heavy atom. The molecule has 0 bridgehead atoms. The van der Waals surface area contributed by atoms with Crippen LogP contribution in [0, 0.1) is 11.8 Å². The molecule has 0 saturated heterocycles. The normalized spacial score (nSPS) is 32.5. The Hall–Kier alpha value is -1.24. The Balaban J connectivity index is 2.29. The minimum atomic E-state index is 0.355. The van der Waals surface area contributed by atoms with Crippen molar-refractivity contribution in [1.29, 1.82) is 0 Å². The lowest BCUT2D eigenvalue weighted by Crippen LogP contribution is -2.08. The molecule has 1 heteroatoms. The van der Waals surface area contributed by atoms with Gasteiger partial charge < -0.3 is 5.11 Å². The first-order valence-electron chi connectivity index (χ1n) is 4.28. The largest absolute Gasteiger partial charge is 0.508 e. The average Bonchev–Trinajstić information content (AvgIpc) is 2.28. The number of fused-ring (bicyclic) bond motifs is 1. The minimum absolute atomic E-state index is 0.355. The molecular formula is C11H12O. The van der Waals surface area contributed by atoms with Gasteiger partial charge in [-0.3, -0.25) is 0 Å².